The number of hydrogen-bond donors (Lipinski definition) is 2. The molecule has 0 aromatic heterocycles. The van der Waals surface area contributed by atoms with Crippen LogP contribution in [0.1, 0.15) is 25.7 Å². The zero-order chi connectivity index (χ0) is 9.97. The molecule has 1 aliphatic carbocycles. The van der Waals surface area contributed by atoms with E-state index in [4.69, 9.17) is 5.11 Å². The maximum Gasteiger partial charge on any atom is 0.317 e. The number of carbonyl (C=O) groups is 1. The van der Waals surface area contributed by atoms with Crippen molar-refractivity contribution in [3.05, 3.63) is 0 Å². The molecule has 2 rings (SSSR count). The zero-order valence-electron chi connectivity index (χ0n) is 8.82. The van der Waals surface area contributed by atoms with Crippen molar-refractivity contribution in [3.63, 3.8) is 0 Å². The van der Waals surface area contributed by atoms with Crippen molar-refractivity contribution in [2.24, 2.45) is 0 Å². The van der Waals surface area contributed by atoms with Crippen molar-refractivity contribution < 1.29 is 9.90 Å². The van der Waals surface area contributed by atoms with Crippen LogP contribution in [0.5, 0.6) is 0 Å². The van der Waals surface area contributed by atoms with Gasteiger partial charge in [-0.3, -0.25) is 9.69 Å². The summed E-state index contributed by atoms with van der Waals surface area (Å²) in [5.41, 5.74) is 0. The van der Waals surface area contributed by atoms with Gasteiger partial charge in [0.1, 0.15) is 0 Å². The monoisotopic (exact) mass is 234 g/mol. The summed E-state index contributed by atoms with van der Waals surface area (Å²) in [5, 5.41) is 12.1. The molecule has 0 radical (unpaired) electrons. The zero-order valence-corrected chi connectivity index (χ0v) is 9.63. The average Bonchev–Trinajstić information content (AvgIpc) is 2.99. The largest absolute Gasteiger partial charge is 0.480 e. The molecule has 1 heterocycles. The van der Waals surface area contributed by atoms with Gasteiger partial charge in [-0.15, -0.1) is 12.4 Å². The van der Waals surface area contributed by atoms with Gasteiger partial charge in [0.15, 0.2) is 0 Å². The Kier molecular flexibility index (Phi) is 4.83. The third-order valence-corrected chi connectivity index (χ3v) is 3.11. The highest BCUT2D eigenvalue weighted by atomic mass is 35.5. The van der Waals surface area contributed by atoms with Crippen LogP contribution in [0.3, 0.4) is 0 Å². The van der Waals surface area contributed by atoms with Gasteiger partial charge in [0.2, 0.25) is 0 Å². The van der Waals surface area contributed by atoms with Gasteiger partial charge >= 0.3 is 5.97 Å². The summed E-state index contributed by atoms with van der Waals surface area (Å²) >= 11 is 0. The van der Waals surface area contributed by atoms with Crippen LogP contribution in [0.2, 0.25) is 0 Å². The Morgan fingerprint density at radius 1 is 1.20 bits per heavy atom. The molecule has 0 aromatic carbocycles. The van der Waals surface area contributed by atoms with E-state index in [2.05, 4.69) is 10.2 Å². The number of aliphatic carboxylic acids is 1. The molecule has 1 saturated heterocycles. The van der Waals surface area contributed by atoms with E-state index in [1.807, 2.05) is 0 Å². The Hall–Kier alpha value is -0.320. The molecule has 0 aromatic rings. The summed E-state index contributed by atoms with van der Waals surface area (Å²) in [5.74, 6) is -0.685. The Balaban J connectivity index is 0.00000112. The van der Waals surface area contributed by atoms with E-state index in [1.165, 1.54) is 12.8 Å². The van der Waals surface area contributed by atoms with E-state index in [1.54, 1.807) is 0 Å². The lowest BCUT2D eigenvalue weighted by molar-refractivity contribution is -0.139. The summed E-state index contributed by atoms with van der Waals surface area (Å²) < 4.78 is 0. The number of nitrogens with zero attached hydrogens (tertiary/aromatic N) is 1. The molecule has 0 unspecified atom stereocenters. The van der Waals surface area contributed by atoms with Crippen LogP contribution in [-0.2, 0) is 4.79 Å². The highest BCUT2D eigenvalue weighted by Crippen LogP contribution is 2.30. The first-order valence-electron chi connectivity index (χ1n) is 5.45. The molecular weight excluding hydrogens is 216 g/mol. The predicted octanol–water partition coefficient (Wildman–Crippen LogP) is 0.709. The minimum atomic E-state index is -0.685. The van der Waals surface area contributed by atoms with Crippen LogP contribution in [0.25, 0.3) is 0 Å². The highest BCUT2D eigenvalue weighted by molar-refractivity contribution is 5.85. The molecule has 0 bridgehead atoms. The molecule has 1 saturated carbocycles. The van der Waals surface area contributed by atoms with E-state index in [-0.39, 0.29) is 19.0 Å². The Bertz CT molecular complexity index is 215. The van der Waals surface area contributed by atoms with Crippen LogP contribution < -0.4 is 5.32 Å². The molecule has 5 heteroatoms. The predicted molar refractivity (Wildman–Crippen MR) is 60.5 cm³/mol. The van der Waals surface area contributed by atoms with E-state index >= 15 is 0 Å². The molecule has 0 amide bonds. The first-order valence-corrected chi connectivity index (χ1v) is 5.45. The number of hydrogen-bond acceptors (Lipinski definition) is 3. The molecule has 1 aliphatic heterocycles. The molecule has 2 fully saturated rings. The van der Waals surface area contributed by atoms with E-state index in [0.29, 0.717) is 12.1 Å². The van der Waals surface area contributed by atoms with Gasteiger partial charge in [-0.2, -0.15) is 0 Å². The van der Waals surface area contributed by atoms with Gasteiger partial charge in [0.25, 0.3) is 0 Å². The number of carboxylic acid groups (broad SMARTS) is 1. The van der Waals surface area contributed by atoms with Crippen LogP contribution in [0.15, 0.2) is 0 Å². The summed E-state index contributed by atoms with van der Waals surface area (Å²) in [4.78, 5) is 12.9. The lowest BCUT2D eigenvalue weighted by Gasteiger charge is -2.33. The second kappa shape index (κ2) is 5.68. The highest BCUT2D eigenvalue weighted by Gasteiger charge is 2.35. The fourth-order valence-corrected chi connectivity index (χ4v) is 2.26. The maximum atomic E-state index is 10.7. The average molecular weight is 235 g/mol. The lowest BCUT2D eigenvalue weighted by atomic mass is 10.0. The van der Waals surface area contributed by atoms with Crippen molar-refractivity contribution in [3.8, 4) is 0 Å². The molecular formula is C10H19ClN2O2. The quantitative estimate of drug-likeness (QED) is 0.753. The second-order valence-corrected chi connectivity index (χ2v) is 4.28. The maximum absolute atomic E-state index is 10.7. The first kappa shape index (κ1) is 12.7. The lowest BCUT2D eigenvalue weighted by Crippen LogP contribution is -2.46. The van der Waals surface area contributed by atoms with Crippen molar-refractivity contribution in [1.82, 2.24) is 10.2 Å². The molecule has 88 valence electrons. The van der Waals surface area contributed by atoms with Crippen molar-refractivity contribution >= 4 is 18.4 Å². The van der Waals surface area contributed by atoms with Gasteiger partial charge in [-0.05, 0) is 38.8 Å². The van der Waals surface area contributed by atoms with E-state index in [9.17, 15) is 4.79 Å². The van der Waals surface area contributed by atoms with Crippen LogP contribution in [0.4, 0.5) is 0 Å². The number of halogens is 1. The minimum Gasteiger partial charge on any atom is -0.480 e. The van der Waals surface area contributed by atoms with Gasteiger partial charge in [-0.1, -0.05) is 0 Å². The van der Waals surface area contributed by atoms with Gasteiger partial charge < -0.3 is 10.4 Å². The summed E-state index contributed by atoms with van der Waals surface area (Å²) in [6.07, 6.45) is 4.59. The molecule has 15 heavy (non-hydrogen) atoms. The second-order valence-electron chi connectivity index (χ2n) is 4.28. The number of rotatable bonds is 4. The van der Waals surface area contributed by atoms with Crippen LogP contribution >= 0.6 is 12.4 Å². The third-order valence-electron chi connectivity index (χ3n) is 3.11. The Morgan fingerprint density at radius 2 is 1.73 bits per heavy atom. The van der Waals surface area contributed by atoms with Crippen molar-refractivity contribution in [2.75, 3.05) is 19.6 Å². The summed E-state index contributed by atoms with van der Waals surface area (Å²) in [6, 6.07) is 1.06. The van der Waals surface area contributed by atoms with Crippen LogP contribution in [0, 0.1) is 0 Å². The molecule has 2 N–H and O–H groups in total. The smallest absolute Gasteiger partial charge is 0.317 e. The van der Waals surface area contributed by atoms with E-state index in [0.717, 1.165) is 25.9 Å². The fourth-order valence-electron chi connectivity index (χ4n) is 2.26. The fraction of sp³-hybridized carbons (Fsp3) is 0.900. The standard InChI is InChI=1S/C10H18N2O2.ClH/c13-10(14)7-12(8-1-2-8)9-3-5-11-6-4-9;/h8-9,11H,1-7H2,(H,13,14);1H. The van der Waals surface area contributed by atoms with E-state index < -0.39 is 5.97 Å². The first-order chi connectivity index (χ1) is 6.77. The molecule has 0 atom stereocenters. The molecule has 0 spiro atoms. The Labute approximate surface area is 96.4 Å². The number of carboxylic acids is 1. The molecule has 4 nitrogen and oxygen atoms in total. The van der Waals surface area contributed by atoms with Gasteiger partial charge in [0, 0.05) is 12.1 Å². The third kappa shape index (κ3) is 3.63. The normalized spacial score (nSPS) is 22.5. The van der Waals surface area contributed by atoms with Gasteiger partial charge in [0.05, 0.1) is 6.54 Å². The Morgan fingerprint density at radius 3 is 2.20 bits per heavy atom. The van der Waals surface area contributed by atoms with Gasteiger partial charge in [-0.25, -0.2) is 0 Å². The number of piperidine rings is 1. The summed E-state index contributed by atoms with van der Waals surface area (Å²) in [7, 11) is 0. The minimum absolute atomic E-state index is 0. The topological polar surface area (TPSA) is 52.6 Å². The van der Waals surface area contributed by atoms with Crippen LogP contribution in [-0.4, -0.2) is 47.7 Å². The van der Waals surface area contributed by atoms with Crippen molar-refractivity contribution in [1.29, 1.82) is 0 Å². The van der Waals surface area contributed by atoms with Crippen molar-refractivity contribution in [2.45, 2.75) is 37.8 Å². The SMILES string of the molecule is Cl.O=C(O)CN(C1CCNCC1)C1CC1. The number of nitrogens with one attached hydrogen (secondary N) is 1. The molecule has 2 aliphatic rings. The summed E-state index contributed by atoms with van der Waals surface area (Å²) in [6.45, 7) is 2.30.